The maximum atomic E-state index is 9.18. The second-order valence-electron chi connectivity index (χ2n) is 5.59. The number of likely N-dealkylation sites (tertiary alicyclic amines) is 1. The van der Waals surface area contributed by atoms with Crippen molar-refractivity contribution in [2.24, 2.45) is 5.92 Å². The molecule has 2 unspecified atom stereocenters. The normalized spacial score (nSPS) is 22.2. The lowest BCUT2D eigenvalue weighted by Gasteiger charge is -2.35. The average Bonchev–Trinajstić information content (AvgIpc) is 2.47. The summed E-state index contributed by atoms with van der Waals surface area (Å²) in [5, 5.41) is 12.8. The van der Waals surface area contributed by atoms with Crippen LogP contribution in [0.1, 0.15) is 32.3 Å². The van der Waals surface area contributed by atoms with Gasteiger partial charge in [0, 0.05) is 18.3 Å². The zero-order chi connectivity index (χ0) is 13.7. The number of nitrogens with one attached hydrogen (secondary N) is 1. The highest BCUT2D eigenvalue weighted by Crippen LogP contribution is 2.22. The van der Waals surface area contributed by atoms with Gasteiger partial charge < -0.3 is 15.3 Å². The van der Waals surface area contributed by atoms with Crippen LogP contribution in [-0.4, -0.2) is 35.7 Å². The Bertz CT molecular complexity index is 394. The van der Waals surface area contributed by atoms with Crippen LogP contribution in [0.4, 0.5) is 5.69 Å². The third-order valence-corrected chi connectivity index (χ3v) is 4.20. The first-order chi connectivity index (χ1) is 9.22. The lowest BCUT2D eigenvalue weighted by atomic mass is 9.91. The quantitative estimate of drug-likeness (QED) is 0.856. The van der Waals surface area contributed by atoms with Crippen LogP contribution in [0.25, 0.3) is 0 Å². The van der Waals surface area contributed by atoms with Crippen LogP contribution >= 0.6 is 0 Å². The first-order valence-corrected chi connectivity index (χ1v) is 7.41. The molecule has 1 aromatic rings. The van der Waals surface area contributed by atoms with Crippen LogP contribution in [0.2, 0.25) is 0 Å². The molecule has 1 heterocycles. The van der Waals surface area contributed by atoms with Gasteiger partial charge in [-0.2, -0.15) is 0 Å². The highest BCUT2D eigenvalue weighted by atomic mass is 16.3. The van der Waals surface area contributed by atoms with Gasteiger partial charge in [0.05, 0.1) is 6.61 Å². The minimum absolute atomic E-state index is 0.108. The second kappa shape index (κ2) is 6.92. The van der Waals surface area contributed by atoms with Crippen molar-refractivity contribution in [1.29, 1.82) is 0 Å². The van der Waals surface area contributed by atoms with Gasteiger partial charge >= 0.3 is 0 Å². The predicted octanol–water partition coefficient (Wildman–Crippen LogP) is 2.71. The molecule has 3 nitrogen and oxygen atoms in total. The van der Waals surface area contributed by atoms with Crippen molar-refractivity contribution in [3.63, 3.8) is 0 Å². The van der Waals surface area contributed by atoms with Gasteiger partial charge in [0.15, 0.2) is 0 Å². The maximum Gasteiger partial charge on any atom is 0.0682 e. The van der Waals surface area contributed by atoms with Gasteiger partial charge in [0.1, 0.15) is 0 Å². The Kier molecular flexibility index (Phi) is 5.23. The molecule has 19 heavy (non-hydrogen) atoms. The molecule has 2 rings (SSSR count). The summed E-state index contributed by atoms with van der Waals surface area (Å²) >= 11 is 0. The third-order valence-electron chi connectivity index (χ3n) is 4.20. The first kappa shape index (κ1) is 14.4. The Hall–Kier alpha value is -1.06. The fraction of sp³-hybridized carbons (Fsp3) is 0.625. The van der Waals surface area contributed by atoms with Gasteiger partial charge in [0.2, 0.25) is 0 Å². The topological polar surface area (TPSA) is 35.5 Å². The fourth-order valence-corrected chi connectivity index (χ4v) is 2.93. The van der Waals surface area contributed by atoms with Crippen LogP contribution in [0.3, 0.4) is 0 Å². The summed E-state index contributed by atoms with van der Waals surface area (Å²) in [4.78, 5) is 2.54. The summed E-state index contributed by atoms with van der Waals surface area (Å²) < 4.78 is 0. The molecule has 1 aromatic carbocycles. The second-order valence-corrected chi connectivity index (χ2v) is 5.59. The molecular formula is C16H26N2O. The molecule has 1 saturated heterocycles. The molecule has 1 aliphatic rings. The molecule has 2 N–H and O–H groups in total. The zero-order valence-electron chi connectivity index (χ0n) is 12.1. The molecule has 0 radical (unpaired) electrons. The Labute approximate surface area is 116 Å². The Morgan fingerprint density at radius 3 is 3.05 bits per heavy atom. The minimum Gasteiger partial charge on any atom is -0.392 e. The fourth-order valence-electron chi connectivity index (χ4n) is 2.93. The number of aliphatic hydroxyl groups is 1. The molecular weight excluding hydrogens is 236 g/mol. The summed E-state index contributed by atoms with van der Waals surface area (Å²) in [6.07, 6.45) is 2.62. The molecule has 0 bridgehead atoms. The number of hydrogen-bond donors (Lipinski definition) is 2. The summed E-state index contributed by atoms with van der Waals surface area (Å²) in [6, 6.07) is 8.55. The van der Waals surface area contributed by atoms with E-state index >= 15 is 0 Å². The summed E-state index contributed by atoms with van der Waals surface area (Å²) in [5.74, 6) is 0.714. The van der Waals surface area contributed by atoms with E-state index in [1.165, 1.54) is 25.9 Å². The number of nitrogens with zero attached hydrogens (tertiary/aromatic N) is 1. The van der Waals surface area contributed by atoms with Crippen molar-refractivity contribution in [3.8, 4) is 0 Å². The van der Waals surface area contributed by atoms with E-state index in [1.54, 1.807) is 0 Å². The van der Waals surface area contributed by atoms with Crippen LogP contribution in [0.5, 0.6) is 0 Å². The molecule has 3 heteroatoms. The van der Waals surface area contributed by atoms with Crippen molar-refractivity contribution in [2.75, 3.05) is 25.0 Å². The van der Waals surface area contributed by atoms with Gasteiger partial charge in [0.25, 0.3) is 0 Å². The highest BCUT2D eigenvalue weighted by molar-refractivity contribution is 5.46. The van der Waals surface area contributed by atoms with Gasteiger partial charge in [-0.25, -0.2) is 0 Å². The Balaban J connectivity index is 1.94. The Morgan fingerprint density at radius 2 is 2.32 bits per heavy atom. The molecule has 0 saturated carbocycles. The Morgan fingerprint density at radius 1 is 1.47 bits per heavy atom. The zero-order valence-corrected chi connectivity index (χ0v) is 12.1. The van der Waals surface area contributed by atoms with Crippen LogP contribution in [0.15, 0.2) is 24.3 Å². The minimum atomic E-state index is 0.108. The summed E-state index contributed by atoms with van der Waals surface area (Å²) in [5.41, 5.74) is 2.09. The smallest absolute Gasteiger partial charge is 0.0682 e. The first-order valence-electron chi connectivity index (χ1n) is 7.41. The van der Waals surface area contributed by atoms with E-state index in [1.807, 2.05) is 18.2 Å². The van der Waals surface area contributed by atoms with E-state index in [0.717, 1.165) is 17.8 Å². The largest absolute Gasteiger partial charge is 0.392 e. The number of benzene rings is 1. The van der Waals surface area contributed by atoms with Crippen molar-refractivity contribution < 1.29 is 5.11 Å². The molecule has 1 aliphatic heterocycles. The van der Waals surface area contributed by atoms with Crippen molar-refractivity contribution in [2.45, 2.75) is 39.3 Å². The number of aliphatic hydroxyl groups excluding tert-OH is 1. The number of anilines is 1. The van der Waals surface area contributed by atoms with Crippen molar-refractivity contribution >= 4 is 5.69 Å². The van der Waals surface area contributed by atoms with Gasteiger partial charge in [-0.1, -0.05) is 19.1 Å². The lowest BCUT2D eigenvalue weighted by molar-refractivity contribution is 0.172. The molecule has 0 amide bonds. The summed E-state index contributed by atoms with van der Waals surface area (Å²) in [6.45, 7) is 8.23. The van der Waals surface area contributed by atoms with Gasteiger partial charge in [-0.3, -0.25) is 0 Å². The van der Waals surface area contributed by atoms with E-state index < -0.39 is 0 Å². The molecule has 0 aromatic heterocycles. The highest BCUT2D eigenvalue weighted by Gasteiger charge is 2.23. The van der Waals surface area contributed by atoms with Gasteiger partial charge in [-0.05, 0) is 56.5 Å². The monoisotopic (exact) mass is 262 g/mol. The van der Waals surface area contributed by atoms with E-state index in [0.29, 0.717) is 12.0 Å². The van der Waals surface area contributed by atoms with E-state index in [-0.39, 0.29) is 6.61 Å². The summed E-state index contributed by atoms with van der Waals surface area (Å²) in [7, 11) is 0. The van der Waals surface area contributed by atoms with E-state index in [4.69, 9.17) is 0 Å². The van der Waals surface area contributed by atoms with Crippen molar-refractivity contribution in [3.05, 3.63) is 29.8 Å². The number of rotatable bonds is 5. The SMILES string of the molecule is CCN1CCCC(C(C)Nc2cccc(CO)c2)C1. The van der Waals surface area contributed by atoms with Gasteiger partial charge in [-0.15, -0.1) is 0 Å². The maximum absolute atomic E-state index is 9.18. The predicted molar refractivity (Wildman–Crippen MR) is 80.3 cm³/mol. The molecule has 0 aliphatic carbocycles. The van der Waals surface area contributed by atoms with E-state index in [2.05, 4.69) is 30.1 Å². The van der Waals surface area contributed by atoms with Crippen LogP contribution in [0, 0.1) is 5.92 Å². The average molecular weight is 262 g/mol. The molecule has 0 spiro atoms. The lowest BCUT2D eigenvalue weighted by Crippen LogP contribution is -2.41. The molecule has 2 atom stereocenters. The number of hydrogen-bond acceptors (Lipinski definition) is 3. The van der Waals surface area contributed by atoms with Crippen LogP contribution < -0.4 is 5.32 Å². The molecule has 106 valence electrons. The third kappa shape index (κ3) is 3.95. The molecule has 1 fully saturated rings. The van der Waals surface area contributed by atoms with E-state index in [9.17, 15) is 5.11 Å². The van der Waals surface area contributed by atoms with Crippen molar-refractivity contribution in [1.82, 2.24) is 4.90 Å². The van der Waals surface area contributed by atoms with Crippen LogP contribution in [-0.2, 0) is 6.61 Å². The number of piperidine rings is 1. The standard InChI is InChI=1S/C16H26N2O/c1-3-18-9-5-7-15(11-18)13(2)17-16-8-4-6-14(10-16)12-19/h4,6,8,10,13,15,17,19H,3,5,7,9,11-12H2,1-2H3.